The highest BCUT2D eigenvalue weighted by molar-refractivity contribution is 5.91. The zero-order valence-electron chi connectivity index (χ0n) is 9.50. The van der Waals surface area contributed by atoms with E-state index in [1.165, 1.54) is 0 Å². The number of nitrogens with zero attached hydrogens (tertiary/aromatic N) is 1. The molecule has 0 unspecified atom stereocenters. The predicted octanol–water partition coefficient (Wildman–Crippen LogP) is 1.26. The number of benzene rings is 1. The van der Waals surface area contributed by atoms with E-state index in [-0.39, 0.29) is 11.7 Å². The molecule has 17 heavy (non-hydrogen) atoms. The van der Waals surface area contributed by atoms with Crippen molar-refractivity contribution < 1.29 is 14.6 Å². The monoisotopic (exact) mass is 233 g/mol. The van der Waals surface area contributed by atoms with E-state index in [1.807, 2.05) is 0 Å². The Balaban J connectivity index is 1.95. The van der Waals surface area contributed by atoms with E-state index in [2.05, 4.69) is 0 Å². The molecule has 4 heteroatoms. The van der Waals surface area contributed by atoms with Gasteiger partial charge in [-0.25, -0.2) is 0 Å². The Kier molecular flexibility index (Phi) is 3.77. The van der Waals surface area contributed by atoms with Crippen LogP contribution in [0, 0.1) is 0 Å². The lowest BCUT2D eigenvalue weighted by atomic mass is 10.2. The molecule has 90 valence electrons. The number of ether oxygens (including phenoxy) is 1. The molecule has 0 spiro atoms. The second-order valence-corrected chi connectivity index (χ2v) is 3.86. The van der Waals surface area contributed by atoms with Crippen LogP contribution in [0.25, 0.3) is 6.08 Å². The lowest BCUT2D eigenvalue weighted by Gasteiger charge is -2.25. The van der Waals surface area contributed by atoms with Crippen LogP contribution in [0.4, 0.5) is 0 Å². The third-order valence-electron chi connectivity index (χ3n) is 2.63. The summed E-state index contributed by atoms with van der Waals surface area (Å²) in [6, 6.07) is 6.72. The van der Waals surface area contributed by atoms with Crippen molar-refractivity contribution in [1.29, 1.82) is 0 Å². The van der Waals surface area contributed by atoms with E-state index in [9.17, 15) is 4.79 Å². The second-order valence-electron chi connectivity index (χ2n) is 3.86. The van der Waals surface area contributed by atoms with Crippen LogP contribution >= 0.6 is 0 Å². The summed E-state index contributed by atoms with van der Waals surface area (Å²) >= 11 is 0. The molecule has 1 fully saturated rings. The van der Waals surface area contributed by atoms with Gasteiger partial charge in [0.1, 0.15) is 5.75 Å². The van der Waals surface area contributed by atoms with Crippen LogP contribution < -0.4 is 0 Å². The number of hydrogen-bond donors (Lipinski definition) is 1. The van der Waals surface area contributed by atoms with Crippen LogP contribution in [0.15, 0.2) is 30.3 Å². The van der Waals surface area contributed by atoms with Gasteiger partial charge in [-0.15, -0.1) is 0 Å². The van der Waals surface area contributed by atoms with E-state index >= 15 is 0 Å². The minimum Gasteiger partial charge on any atom is -0.508 e. The highest BCUT2D eigenvalue weighted by Crippen LogP contribution is 2.11. The molecule has 1 aliphatic heterocycles. The number of amides is 1. The SMILES string of the molecule is O=C(/C=C/c1ccc(O)cc1)N1CCOCC1. The van der Waals surface area contributed by atoms with Gasteiger partial charge in [-0.05, 0) is 23.8 Å². The van der Waals surface area contributed by atoms with Crippen LogP contribution in [0.5, 0.6) is 5.75 Å². The molecule has 4 nitrogen and oxygen atoms in total. The maximum atomic E-state index is 11.8. The largest absolute Gasteiger partial charge is 0.508 e. The minimum atomic E-state index is 0.00127. The highest BCUT2D eigenvalue weighted by atomic mass is 16.5. The molecule has 1 aromatic carbocycles. The minimum absolute atomic E-state index is 0.00127. The quantitative estimate of drug-likeness (QED) is 0.782. The molecule has 1 N–H and O–H groups in total. The molecule has 0 bridgehead atoms. The summed E-state index contributed by atoms with van der Waals surface area (Å²) in [5, 5.41) is 9.12. The summed E-state index contributed by atoms with van der Waals surface area (Å²) < 4.78 is 5.18. The first kappa shape index (κ1) is 11.7. The van der Waals surface area contributed by atoms with Gasteiger partial charge < -0.3 is 14.7 Å². The van der Waals surface area contributed by atoms with Gasteiger partial charge in [0.25, 0.3) is 0 Å². The first-order valence-electron chi connectivity index (χ1n) is 5.59. The van der Waals surface area contributed by atoms with Gasteiger partial charge in [0.2, 0.25) is 5.91 Å². The van der Waals surface area contributed by atoms with Gasteiger partial charge in [0.15, 0.2) is 0 Å². The number of aromatic hydroxyl groups is 1. The van der Waals surface area contributed by atoms with Crippen molar-refractivity contribution in [1.82, 2.24) is 4.90 Å². The number of phenolic OH excluding ortho intramolecular Hbond substituents is 1. The zero-order chi connectivity index (χ0) is 12.1. The molecule has 0 saturated carbocycles. The van der Waals surface area contributed by atoms with E-state index in [0.29, 0.717) is 26.3 Å². The Morgan fingerprint density at radius 2 is 1.88 bits per heavy atom. The molecule has 0 aromatic heterocycles. The Bertz CT molecular complexity index is 405. The molecule has 1 heterocycles. The lowest BCUT2D eigenvalue weighted by molar-refractivity contribution is -0.129. The van der Waals surface area contributed by atoms with Gasteiger partial charge >= 0.3 is 0 Å². The fourth-order valence-corrected chi connectivity index (χ4v) is 1.64. The van der Waals surface area contributed by atoms with Crippen molar-refractivity contribution in [3.8, 4) is 5.75 Å². The molecule has 1 amide bonds. The van der Waals surface area contributed by atoms with Gasteiger partial charge in [-0.1, -0.05) is 12.1 Å². The van der Waals surface area contributed by atoms with E-state index < -0.39 is 0 Å². The van der Waals surface area contributed by atoms with Crippen molar-refractivity contribution >= 4 is 12.0 Å². The van der Waals surface area contributed by atoms with Crippen molar-refractivity contribution in [2.24, 2.45) is 0 Å². The normalized spacial score (nSPS) is 16.4. The fraction of sp³-hybridized carbons (Fsp3) is 0.308. The number of rotatable bonds is 2. The summed E-state index contributed by atoms with van der Waals surface area (Å²) in [4.78, 5) is 13.5. The van der Waals surface area contributed by atoms with Gasteiger partial charge in [0.05, 0.1) is 13.2 Å². The number of morpholine rings is 1. The first-order chi connectivity index (χ1) is 8.25. The molecule has 0 aliphatic carbocycles. The highest BCUT2D eigenvalue weighted by Gasteiger charge is 2.13. The van der Waals surface area contributed by atoms with E-state index in [4.69, 9.17) is 9.84 Å². The molecule has 2 rings (SSSR count). The molecule has 0 radical (unpaired) electrons. The maximum absolute atomic E-state index is 11.8. The van der Waals surface area contributed by atoms with Crippen molar-refractivity contribution in [3.05, 3.63) is 35.9 Å². The second kappa shape index (κ2) is 5.50. The fourth-order valence-electron chi connectivity index (χ4n) is 1.64. The summed E-state index contributed by atoms with van der Waals surface area (Å²) in [6.45, 7) is 2.52. The summed E-state index contributed by atoms with van der Waals surface area (Å²) in [6.07, 6.45) is 3.30. The topological polar surface area (TPSA) is 49.8 Å². The zero-order valence-corrected chi connectivity index (χ0v) is 9.50. The van der Waals surface area contributed by atoms with Crippen molar-refractivity contribution in [2.75, 3.05) is 26.3 Å². The average Bonchev–Trinajstić information content (AvgIpc) is 2.39. The predicted molar refractivity (Wildman–Crippen MR) is 64.5 cm³/mol. The van der Waals surface area contributed by atoms with Crippen molar-refractivity contribution in [2.45, 2.75) is 0 Å². The number of carbonyl (C=O) groups is 1. The molecular weight excluding hydrogens is 218 g/mol. The first-order valence-corrected chi connectivity index (χ1v) is 5.59. The molecule has 1 saturated heterocycles. The Hall–Kier alpha value is -1.81. The van der Waals surface area contributed by atoms with Crippen LogP contribution in [-0.4, -0.2) is 42.2 Å². The molecular formula is C13H15NO3. The Morgan fingerprint density at radius 3 is 2.53 bits per heavy atom. The van der Waals surface area contributed by atoms with Gasteiger partial charge in [0, 0.05) is 19.2 Å². The average molecular weight is 233 g/mol. The number of carbonyl (C=O) groups excluding carboxylic acids is 1. The van der Waals surface area contributed by atoms with E-state index in [1.54, 1.807) is 41.3 Å². The van der Waals surface area contributed by atoms with Crippen LogP contribution in [0.1, 0.15) is 5.56 Å². The molecule has 1 aromatic rings. The lowest BCUT2D eigenvalue weighted by Crippen LogP contribution is -2.39. The smallest absolute Gasteiger partial charge is 0.246 e. The Morgan fingerprint density at radius 1 is 1.24 bits per heavy atom. The summed E-state index contributed by atoms with van der Waals surface area (Å²) in [5.41, 5.74) is 0.893. The molecule has 0 atom stereocenters. The van der Waals surface area contributed by atoms with E-state index in [0.717, 1.165) is 5.56 Å². The number of phenols is 1. The third kappa shape index (κ3) is 3.32. The summed E-state index contributed by atoms with van der Waals surface area (Å²) in [7, 11) is 0. The standard InChI is InChI=1S/C13H15NO3/c15-12-4-1-11(2-5-12)3-6-13(16)14-7-9-17-10-8-14/h1-6,15H,7-10H2/b6-3+. The third-order valence-corrected chi connectivity index (χ3v) is 2.63. The van der Waals surface area contributed by atoms with Gasteiger partial charge in [-0.3, -0.25) is 4.79 Å². The maximum Gasteiger partial charge on any atom is 0.246 e. The van der Waals surface area contributed by atoms with Crippen LogP contribution in [-0.2, 0) is 9.53 Å². The van der Waals surface area contributed by atoms with Crippen molar-refractivity contribution in [3.63, 3.8) is 0 Å². The van der Waals surface area contributed by atoms with Gasteiger partial charge in [-0.2, -0.15) is 0 Å². The molecule has 1 aliphatic rings. The summed E-state index contributed by atoms with van der Waals surface area (Å²) in [5.74, 6) is 0.225. The van der Waals surface area contributed by atoms with Crippen LogP contribution in [0.3, 0.4) is 0 Å². The number of hydrogen-bond acceptors (Lipinski definition) is 3. The Labute approximate surface area is 100 Å². The van der Waals surface area contributed by atoms with Crippen LogP contribution in [0.2, 0.25) is 0 Å².